The number of aliphatic imine (C=N–C) groups is 1. The maximum atomic E-state index is 14.5. The molecule has 352 valence electrons. The first kappa shape index (κ1) is 46.5. The van der Waals surface area contributed by atoms with Crippen molar-refractivity contribution in [2.24, 2.45) is 10.4 Å². The minimum atomic E-state index is -1.01. The number of thiophene rings is 1. The number of nitrogens with zero attached hydrogens (tertiary/aromatic N) is 7. The summed E-state index contributed by atoms with van der Waals surface area (Å²) in [5.41, 5.74) is 10.7. The Hall–Kier alpha value is -6.56. The summed E-state index contributed by atoms with van der Waals surface area (Å²) in [7, 11) is 0. The predicted octanol–water partition coefficient (Wildman–Crippen LogP) is 7.73. The van der Waals surface area contributed by atoms with E-state index in [1.165, 1.54) is 4.90 Å². The molecule has 6 heterocycles. The summed E-state index contributed by atoms with van der Waals surface area (Å²) in [5.74, 6) is -1.06. The fraction of sp³-hybridized carbons (Fsp3) is 0.373. The number of carbonyl (C=O) groups excluding carboxylic acids is 3. The standard InChI is InChI=1S/C51H55N9O6S2/c1-26-29(4)68-50-42(26)43(54-38(23-41(62)63)46-57-56-30(5)60(46)50)33-15-17-36(18-16-33)58-20-19-32-11-14-35(21-39(32)58)47(64)55-45(51(6,7)8)49(66)59-24-37(61)22-40(59)48(65)53-27(2)31-9-12-34(13-10-31)44-28(3)52-25-67-44/h9-18,21,25,27,37-38,40,45,61H,19-20,22-24H2,1-8H3,(H,53,65)(H,55,64)(H,62,63)/t27?,37-,38+,40+,45?/m1/s1. The lowest BCUT2D eigenvalue weighted by atomic mass is 9.85. The fourth-order valence-electron chi connectivity index (χ4n) is 9.51. The second-order valence-electron chi connectivity index (χ2n) is 19.1. The van der Waals surface area contributed by atoms with Crippen LogP contribution < -0.4 is 15.5 Å². The average molecular weight is 954 g/mol. The molecule has 3 aromatic carbocycles. The van der Waals surface area contributed by atoms with Crippen LogP contribution in [0.3, 0.4) is 0 Å². The lowest BCUT2D eigenvalue weighted by Crippen LogP contribution is -2.57. The highest BCUT2D eigenvalue weighted by molar-refractivity contribution is 7.15. The minimum Gasteiger partial charge on any atom is -0.481 e. The lowest BCUT2D eigenvalue weighted by molar-refractivity contribution is -0.142. The van der Waals surface area contributed by atoms with Crippen LogP contribution in [0.2, 0.25) is 0 Å². The van der Waals surface area contributed by atoms with Gasteiger partial charge in [0.25, 0.3) is 5.91 Å². The molecule has 0 aliphatic carbocycles. The molecule has 1 fully saturated rings. The number of aryl methyl sites for hydroxylation is 3. The van der Waals surface area contributed by atoms with E-state index in [9.17, 15) is 29.4 Å². The largest absolute Gasteiger partial charge is 0.481 e. The van der Waals surface area contributed by atoms with E-state index in [1.54, 1.807) is 28.7 Å². The van der Waals surface area contributed by atoms with Crippen LogP contribution in [0.1, 0.15) is 113 Å². The van der Waals surface area contributed by atoms with Crippen LogP contribution in [0.15, 0.2) is 77.2 Å². The molecule has 0 spiro atoms. The SMILES string of the molecule is Cc1ncsc1-c1ccc(C(C)NC(=O)[C@@H]2C[C@@H](O)CN2C(=O)C(NC(=O)c2ccc3c(c2)N(c2ccc(C4=N[C@@H](CC(=O)O)c5nnc(C)n5-c5sc(C)c(C)c54)cc2)CC3)C(C)(C)C)cc1. The van der Waals surface area contributed by atoms with Gasteiger partial charge >= 0.3 is 5.97 Å². The number of carbonyl (C=O) groups is 4. The second-order valence-corrected chi connectivity index (χ2v) is 21.1. The number of hydrogen-bond acceptors (Lipinski definition) is 12. The van der Waals surface area contributed by atoms with Crippen molar-refractivity contribution >= 4 is 63.5 Å². The van der Waals surface area contributed by atoms with Crippen molar-refractivity contribution in [2.45, 2.75) is 105 Å². The maximum absolute atomic E-state index is 14.5. The van der Waals surface area contributed by atoms with Crippen molar-refractivity contribution in [3.05, 3.63) is 128 Å². The minimum absolute atomic E-state index is 0.0323. The van der Waals surface area contributed by atoms with E-state index in [2.05, 4.69) is 44.6 Å². The molecule has 3 aliphatic rings. The van der Waals surface area contributed by atoms with E-state index >= 15 is 0 Å². The van der Waals surface area contributed by atoms with Crippen LogP contribution in [-0.2, 0) is 20.8 Å². The smallest absolute Gasteiger partial charge is 0.306 e. The number of hydrogen-bond donors (Lipinski definition) is 4. The van der Waals surface area contributed by atoms with Gasteiger partial charge in [-0.05, 0) is 93.0 Å². The zero-order valence-electron chi connectivity index (χ0n) is 39.3. The molecule has 9 rings (SSSR count). The predicted molar refractivity (Wildman–Crippen MR) is 263 cm³/mol. The molecule has 68 heavy (non-hydrogen) atoms. The van der Waals surface area contributed by atoms with Crippen molar-refractivity contribution in [2.75, 3.05) is 18.0 Å². The van der Waals surface area contributed by atoms with Gasteiger partial charge in [0.05, 0.1) is 40.4 Å². The van der Waals surface area contributed by atoms with Gasteiger partial charge < -0.3 is 30.6 Å². The number of amides is 3. The number of aromatic nitrogens is 4. The molecular formula is C51H55N9O6S2. The highest BCUT2D eigenvalue weighted by atomic mass is 32.1. The first-order valence-corrected chi connectivity index (χ1v) is 24.5. The molecule has 0 saturated carbocycles. The Morgan fingerprint density at radius 3 is 2.32 bits per heavy atom. The summed E-state index contributed by atoms with van der Waals surface area (Å²) in [5, 5.41) is 36.4. The molecule has 6 aromatic rings. The molecule has 4 N–H and O–H groups in total. The van der Waals surface area contributed by atoms with Gasteiger partial charge in [-0.1, -0.05) is 63.2 Å². The summed E-state index contributed by atoms with van der Waals surface area (Å²) in [6.07, 6.45) is -0.292. The van der Waals surface area contributed by atoms with Crippen LogP contribution in [-0.4, -0.2) is 95.5 Å². The first-order valence-electron chi connectivity index (χ1n) is 22.8. The van der Waals surface area contributed by atoms with Gasteiger partial charge in [0.15, 0.2) is 5.82 Å². The number of fused-ring (bicyclic) bond motifs is 4. The van der Waals surface area contributed by atoms with E-state index in [-0.39, 0.29) is 31.3 Å². The molecule has 5 atom stereocenters. The molecule has 3 aromatic heterocycles. The van der Waals surface area contributed by atoms with Crippen LogP contribution in [0, 0.1) is 33.1 Å². The molecule has 0 radical (unpaired) electrons. The summed E-state index contributed by atoms with van der Waals surface area (Å²) < 4.78 is 1.94. The number of aliphatic hydroxyl groups is 1. The van der Waals surface area contributed by atoms with Crippen LogP contribution in [0.4, 0.5) is 11.4 Å². The number of nitrogens with one attached hydrogen (secondary N) is 2. The number of anilines is 2. The maximum Gasteiger partial charge on any atom is 0.306 e. The summed E-state index contributed by atoms with van der Waals surface area (Å²) in [6.45, 7) is 16.1. The second kappa shape index (κ2) is 18.2. The Bertz CT molecular complexity index is 2980. The van der Waals surface area contributed by atoms with Crippen molar-refractivity contribution in [1.29, 1.82) is 0 Å². The van der Waals surface area contributed by atoms with E-state index in [0.717, 1.165) is 71.6 Å². The quantitative estimate of drug-likeness (QED) is 0.0998. The number of aliphatic hydroxyl groups excluding tert-OH is 1. The number of β-amino-alcohol motifs (C(OH)–C–C–N with tert-alkyl or cyclic N) is 1. The Labute approximate surface area is 403 Å². The van der Waals surface area contributed by atoms with Crippen LogP contribution in [0.5, 0.6) is 0 Å². The number of carboxylic acids is 1. The third-order valence-corrected chi connectivity index (χ3v) is 15.5. The Morgan fingerprint density at radius 2 is 1.65 bits per heavy atom. The number of aliphatic carboxylic acids is 1. The summed E-state index contributed by atoms with van der Waals surface area (Å²) in [6, 6.07) is 18.5. The first-order chi connectivity index (χ1) is 32.4. The molecule has 2 unspecified atom stereocenters. The van der Waals surface area contributed by atoms with E-state index in [4.69, 9.17) is 4.99 Å². The molecule has 15 nitrogen and oxygen atoms in total. The Balaban J connectivity index is 0.919. The van der Waals surface area contributed by atoms with E-state index < -0.39 is 47.4 Å². The van der Waals surface area contributed by atoms with Crippen molar-refractivity contribution in [3.63, 3.8) is 0 Å². The molecule has 3 aliphatic heterocycles. The van der Waals surface area contributed by atoms with Gasteiger partial charge in [-0.3, -0.25) is 28.7 Å². The lowest BCUT2D eigenvalue weighted by Gasteiger charge is -2.35. The van der Waals surface area contributed by atoms with Crippen molar-refractivity contribution in [3.8, 4) is 15.4 Å². The number of benzene rings is 3. The molecule has 1 saturated heterocycles. The third-order valence-electron chi connectivity index (χ3n) is 13.3. The monoisotopic (exact) mass is 953 g/mol. The number of likely N-dealkylation sites (tertiary alicyclic amines) is 1. The zero-order valence-corrected chi connectivity index (χ0v) is 41.0. The van der Waals surface area contributed by atoms with Gasteiger partial charge in [-0.25, -0.2) is 4.98 Å². The van der Waals surface area contributed by atoms with E-state index in [0.29, 0.717) is 29.5 Å². The number of carboxylic acid groups (broad SMARTS) is 1. The van der Waals surface area contributed by atoms with Gasteiger partial charge in [0.1, 0.15) is 29.0 Å². The molecular weight excluding hydrogens is 899 g/mol. The van der Waals surface area contributed by atoms with Gasteiger partial charge in [0.2, 0.25) is 11.8 Å². The molecule has 3 amide bonds. The normalized spacial score (nSPS) is 18.5. The highest BCUT2D eigenvalue weighted by Gasteiger charge is 2.45. The van der Waals surface area contributed by atoms with Crippen LogP contribution in [0.25, 0.3) is 15.4 Å². The molecule has 17 heteroatoms. The van der Waals surface area contributed by atoms with Gasteiger partial charge in [-0.15, -0.1) is 32.9 Å². The number of thiazole rings is 1. The third kappa shape index (κ3) is 8.74. The van der Waals surface area contributed by atoms with Crippen molar-refractivity contribution < 1.29 is 29.4 Å². The summed E-state index contributed by atoms with van der Waals surface area (Å²) in [4.78, 5) is 69.9. The van der Waals surface area contributed by atoms with Crippen molar-refractivity contribution in [1.82, 2.24) is 35.3 Å². The zero-order chi connectivity index (χ0) is 48.3. The fourth-order valence-corrected chi connectivity index (χ4v) is 11.5. The highest BCUT2D eigenvalue weighted by Crippen LogP contribution is 2.41. The van der Waals surface area contributed by atoms with E-state index in [1.807, 2.05) is 112 Å². The summed E-state index contributed by atoms with van der Waals surface area (Å²) >= 11 is 3.19. The van der Waals surface area contributed by atoms with Gasteiger partial charge in [0, 0.05) is 52.5 Å². The number of rotatable bonds is 11. The van der Waals surface area contributed by atoms with Crippen LogP contribution >= 0.6 is 22.7 Å². The van der Waals surface area contributed by atoms with Gasteiger partial charge in [-0.2, -0.15) is 0 Å². The molecule has 0 bridgehead atoms. The average Bonchev–Trinajstić information content (AvgIpc) is 4.14. The topological polar surface area (TPSA) is 195 Å². The Morgan fingerprint density at radius 1 is 0.926 bits per heavy atom. The Kier molecular flexibility index (Phi) is 12.4.